The summed E-state index contributed by atoms with van der Waals surface area (Å²) in [6.07, 6.45) is 0.333. The van der Waals surface area contributed by atoms with Crippen molar-refractivity contribution in [2.75, 3.05) is 6.54 Å². The van der Waals surface area contributed by atoms with Crippen LogP contribution in [0.25, 0.3) is 0 Å². The van der Waals surface area contributed by atoms with Crippen LogP contribution in [0.4, 0.5) is 0 Å². The topological polar surface area (TPSA) is 89.3 Å². The van der Waals surface area contributed by atoms with Crippen molar-refractivity contribution < 1.29 is 9.90 Å². The Morgan fingerprint density at radius 2 is 2.08 bits per heavy atom. The number of hydrogen-bond acceptors (Lipinski definition) is 3. The largest absolute Gasteiger partial charge is 0.480 e. The molecule has 6 heteroatoms. The first-order valence-electron chi connectivity index (χ1n) is 3.45. The quantitative estimate of drug-likeness (QED) is 0.576. The Hall–Kier alpha value is -0.0300. The number of rotatable bonds is 5. The Kier molecular flexibility index (Phi) is 4.85. The lowest BCUT2D eigenvalue weighted by molar-refractivity contribution is -0.138. The second kappa shape index (κ2) is 4.87. The van der Waals surface area contributed by atoms with Crippen LogP contribution in [0.2, 0.25) is 0 Å². The van der Waals surface area contributed by atoms with E-state index in [1.807, 2.05) is 0 Å². The molecule has 0 amide bonds. The number of hydrogen-bond donors (Lipinski definition) is 3. The molecule has 0 unspecified atom stereocenters. The van der Waals surface area contributed by atoms with Crippen molar-refractivity contribution in [2.45, 2.75) is 23.2 Å². The Labute approximate surface area is 80.8 Å². The van der Waals surface area contributed by atoms with Crippen LogP contribution in [0, 0.1) is 0 Å². The first-order valence-corrected chi connectivity index (χ1v) is 4.21. The summed E-state index contributed by atoms with van der Waals surface area (Å²) >= 11 is 11.4. The minimum Gasteiger partial charge on any atom is -0.480 e. The third-order valence-corrected chi connectivity index (χ3v) is 2.03. The van der Waals surface area contributed by atoms with E-state index in [2.05, 4.69) is 0 Å². The molecule has 0 rings (SSSR count). The zero-order chi connectivity index (χ0) is 9.78. The highest BCUT2D eigenvalue weighted by Crippen LogP contribution is 2.29. The molecule has 0 aromatic heterocycles. The fourth-order valence-corrected chi connectivity index (χ4v) is 1.27. The molecule has 72 valence electrons. The number of alkyl halides is 2. The van der Waals surface area contributed by atoms with Crippen molar-refractivity contribution in [3.05, 3.63) is 0 Å². The number of carboxylic acids is 1. The molecule has 0 radical (unpaired) electrons. The van der Waals surface area contributed by atoms with Crippen molar-refractivity contribution >= 4 is 29.2 Å². The van der Waals surface area contributed by atoms with Crippen LogP contribution in [0.15, 0.2) is 0 Å². The Bertz CT molecular complexity index is 164. The summed E-state index contributed by atoms with van der Waals surface area (Å²) < 4.78 is -1.13. The smallest absolute Gasteiger partial charge is 0.320 e. The van der Waals surface area contributed by atoms with E-state index in [9.17, 15) is 4.79 Å². The van der Waals surface area contributed by atoms with Crippen LogP contribution in [0.5, 0.6) is 0 Å². The molecule has 0 fully saturated rings. The fraction of sp³-hybridized carbons (Fsp3) is 0.833. The molecule has 0 aliphatic heterocycles. The summed E-state index contributed by atoms with van der Waals surface area (Å²) in [4.78, 5) is 10.3. The number of carbonyl (C=O) groups is 1. The number of halogens is 2. The van der Waals surface area contributed by atoms with Gasteiger partial charge in [0.2, 0.25) is 0 Å². The van der Waals surface area contributed by atoms with Gasteiger partial charge in [0.15, 0.2) is 0 Å². The van der Waals surface area contributed by atoms with Gasteiger partial charge >= 0.3 is 5.97 Å². The van der Waals surface area contributed by atoms with Crippen LogP contribution < -0.4 is 11.5 Å². The standard InChI is InChI=1S/C6H12Cl2N2O2/c7-6(8,1-2-9)3-4(10)5(11)12/h4H,1-3,9-10H2,(H,11,12)/t4-/m0/s1. The molecule has 0 saturated heterocycles. The maximum Gasteiger partial charge on any atom is 0.320 e. The Morgan fingerprint density at radius 1 is 1.58 bits per heavy atom. The van der Waals surface area contributed by atoms with Gasteiger partial charge in [-0.2, -0.15) is 0 Å². The Morgan fingerprint density at radius 3 is 2.42 bits per heavy atom. The summed E-state index contributed by atoms with van der Waals surface area (Å²) in [6, 6.07) is -1.04. The minimum atomic E-state index is -1.13. The van der Waals surface area contributed by atoms with Crippen LogP contribution in [0.3, 0.4) is 0 Å². The first kappa shape index (κ1) is 12.0. The van der Waals surface area contributed by atoms with Gasteiger partial charge in [0.05, 0.1) is 0 Å². The summed E-state index contributed by atoms with van der Waals surface area (Å²) in [5, 5.41) is 8.44. The summed E-state index contributed by atoms with van der Waals surface area (Å²) in [6.45, 7) is 0.305. The lowest BCUT2D eigenvalue weighted by Crippen LogP contribution is -2.36. The van der Waals surface area contributed by atoms with E-state index < -0.39 is 16.3 Å². The average Bonchev–Trinajstić information content (AvgIpc) is 1.85. The summed E-state index contributed by atoms with van der Waals surface area (Å²) in [7, 11) is 0. The molecule has 0 spiro atoms. The predicted octanol–water partition coefficient (Wildman–Crippen LogP) is 0.311. The average molecular weight is 215 g/mol. The monoisotopic (exact) mass is 214 g/mol. The minimum absolute atomic E-state index is 0.00262. The molecular weight excluding hydrogens is 203 g/mol. The molecule has 0 aromatic rings. The Balaban J connectivity index is 3.95. The maximum atomic E-state index is 10.3. The van der Waals surface area contributed by atoms with Crippen molar-refractivity contribution in [2.24, 2.45) is 11.5 Å². The van der Waals surface area contributed by atoms with Gasteiger partial charge in [-0.15, -0.1) is 23.2 Å². The van der Waals surface area contributed by atoms with E-state index in [-0.39, 0.29) is 6.42 Å². The molecule has 0 aliphatic carbocycles. The van der Waals surface area contributed by atoms with Gasteiger partial charge < -0.3 is 16.6 Å². The second-order valence-corrected chi connectivity index (χ2v) is 4.18. The highest BCUT2D eigenvalue weighted by Gasteiger charge is 2.28. The molecule has 4 nitrogen and oxygen atoms in total. The third kappa shape index (κ3) is 4.77. The first-order chi connectivity index (χ1) is 5.39. The van der Waals surface area contributed by atoms with Crippen LogP contribution in [-0.4, -0.2) is 28.0 Å². The van der Waals surface area contributed by atoms with E-state index >= 15 is 0 Å². The van der Waals surface area contributed by atoms with Crippen molar-refractivity contribution in [3.63, 3.8) is 0 Å². The number of nitrogens with two attached hydrogens (primary N) is 2. The summed E-state index contributed by atoms with van der Waals surface area (Å²) in [5.74, 6) is -1.11. The van der Waals surface area contributed by atoms with Gasteiger partial charge in [0.25, 0.3) is 0 Å². The van der Waals surface area contributed by atoms with Crippen molar-refractivity contribution in [3.8, 4) is 0 Å². The molecular formula is C6H12Cl2N2O2. The summed E-state index contributed by atoms with van der Waals surface area (Å²) in [5.41, 5.74) is 10.4. The zero-order valence-electron chi connectivity index (χ0n) is 6.46. The lowest BCUT2D eigenvalue weighted by atomic mass is 10.1. The molecule has 0 saturated carbocycles. The van der Waals surface area contributed by atoms with Gasteiger partial charge in [-0.05, 0) is 13.0 Å². The van der Waals surface area contributed by atoms with Crippen molar-refractivity contribution in [1.29, 1.82) is 0 Å². The molecule has 0 heterocycles. The lowest BCUT2D eigenvalue weighted by Gasteiger charge is -2.20. The molecule has 5 N–H and O–H groups in total. The van der Waals surface area contributed by atoms with E-state index in [4.69, 9.17) is 39.8 Å². The molecule has 0 aliphatic rings. The maximum absolute atomic E-state index is 10.3. The number of carboxylic acid groups (broad SMARTS) is 1. The molecule has 0 aromatic carbocycles. The zero-order valence-corrected chi connectivity index (χ0v) is 7.98. The predicted molar refractivity (Wildman–Crippen MR) is 48.3 cm³/mol. The van der Waals surface area contributed by atoms with E-state index in [0.717, 1.165) is 0 Å². The van der Waals surface area contributed by atoms with Gasteiger partial charge in [-0.1, -0.05) is 0 Å². The van der Waals surface area contributed by atoms with Gasteiger partial charge in [0.1, 0.15) is 10.4 Å². The van der Waals surface area contributed by atoms with E-state index in [1.165, 1.54) is 0 Å². The van der Waals surface area contributed by atoms with Crippen LogP contribution >= 0.6 is 23.2 Å². The highest BCUT2D eigenvalue weighted by molar-refractivity contribution is 6.48. The molecule has 1 atom stereocenters. The van der Waals surface area contributed by atoms with Crippen molar-refractivity contribution in [1.82, 2.24) is 0 Å². The highest BCUT2D eigenvalue weighted by atomic mass is 35.5. The van der Waals surface area contributed by atoms with Gasteiger partial charge in [0, 0.05) is 6.42 Å². The fourth-order valence-electron chi connectivity index (χ4n) is 0.722. The molecule has 12 heavy (non-hydrogen) atoms. The van der Waals surface area contributed by atoms with E-state index in [0.29, 0.717) is 13.0 Å². The number of aliphatic carboxylic acids is 1. The normalized spacial score (nSPS) is 14.3. The van der Waals surface area contributed by atoms with E-state index in [1.54, 1.807) is 0 Å². The third-order valence-electron chi connectivity index (χ3n) is 1.35. The van der Waals surface area contributed by atoms with Crippen LogP contribution in [-0.2, 0) is 4.79 Å². The van der Waals surface area contributed by atoms with Gasteiger partial charge in [-0.25, -0.2) is 0 Å². The second-order valence-electron chi connectivity index (χ2n) is 2.54. The van der Waals surface area contributed by atoms with Crippen LogP contribution in [0.1, 0.15) is 12.8 Å². The SMILES string of the molecule is NCCC(Cl)(Cl)C[C@H](N)C(=O)O. The molecule has 0 bridgehead atoms. The van der Waals surface area contributed by atoms with Gasteiger partial charge in [-0.3, -0.25) is 4.79 Å².